The average molecular weight is 232 g/mol. The second kappa shape index (κ2) is 7.29. The Morgan fingerprint density at radius 1 is 1.18 bits per heavy atom. The third-order valence-electron chi connectivity index (χ3n) is 3.16. The summed E-state index contributed by atoms with van der Waals surface area (Å²) in [4.78, 5) is 1.47. The SMILES string of the molecule is CCCC/C=C/C[NH+](C)c1ccc(C)cc1C. The van der Waals surface area contributed by atoms with Crippen molar-refractivity contribution in [3.8, 4) is 0 Å². The van der Waals surface area contributed by atoms with Crippen LogP contribution < -0.4 is 4.90 Å². The van der Waals surface area contributed by atoms with Crippen LogP contribution in [0, 0.1) is 13.8 Å². The van der Waals surface area contributed by atoms with E-state index < -0.39 is 0 Å². The number of benzene rings is 1. The first-order valence-corrected chi connectivity index (χ1v) is 6.70. The molecule has 1 unspecified atom stereocenters. The summed E-state index contributed by atoms with van der Waals surface area (Å²) in [5.41, 5.74) is 4.15. The van der Waals surface area contributed by atoms with Crippen LogP contribution in [0.4, 0.5) is 5.69 Å². The van der Waals surface area contributed by atoms with E-state index in [2.05, 4.69) is 58.2 Å². The minimum atomic E-state index is 1.08. The van der Waals surface area contributed by atoms with Gasteiger partial charge in [-0.1, -0.05) is 43.5 Å². The molecule has 0 aliphatic carbocycles. The first kappa shape index (κ1) is 14.0. The van der Waals surface area contributed by atoms with Crippen molar-refractivity contribution in [3.63, 3.8) is 0 Å². The summed E-state index contributed by atoms with van der Waals surface area (Å²) >= 11 is 0. The third kappa shape index (κ3) is 4.74. The molecule has 0 fully saturated rings. The molecule has 0 heterocycles. The number of likely N-dealkylation sites (N-methyl/N-ethyl adjacent to an activating group) is 1. The lowest BCUT2D eigenvalue weighted by Crippen LogP contribution is -3.03. The Bertz CT molecular complexity index is 366. The Balaban J connectivity index is 2.52. The molecule has 1 nitrogen and oxygen atoms in total. The molecule has 94 valence electrons. The summed E-state index contributed by atoms with van der Waals surface area (Å²) < 4.78 is 0. The molecule has 0 aliphatic heterocycles. The molecule has 1 heteroatoms. The van der Waals surface area contributed by atoms with Gasteiger partial charge in [0.1, 0.15) is 12.2 Å². The first-order valence-electron chi connectivity index (χ1n) is 6.70. The summed E-state index contributed by atoms with van der Waals surface area (Å²) in [5, 5.41) is 0. The van der Waals surface area contributed by atoms with Crippen LogP contribution in [0.15, 0.2) is 30.4 Å². The van der Waals surface area contributed by atoms with Crippen molar-refractivity contribution in [2.45, 2.75) is 40.0 Å². The maximum absolute atomic E-state index is 2.32. The number of hydrogen-bond acceptors (Lipinski definition) is 0. The van der Waals surface area contributed by atoms with Gasteiger partial charge in [0.2, 0.25) is 0 Å². The lowest BCUT2D eigenvalue weighted by atomic mass is 10.1. The molecule has 0 aliphatic rings. The Morgan fingerprint density at radius 3 is 2.59 bits per heavy atom. The number of rotatable bonds is 6. The Hall–Kier alpha value is -1.08. The van der Waals surface area contributed by atoms with E-state index in [4.69, 9.17) is 0 Å². The van der Waals surface area contributed by atoms with E-state index in [1.807, 2.05) is 0 Å². The first-order chi connectivity index (χ1) is 8.15. The molecule has 1 N–H and O–H groups in total. The quantitative estimate of drug-likeness (QED) is 0.567. The highest BCUT2D eigenvalue weighted by atomic mass is 15.1. The number of nitrogens with one attached hydrogen (secondary N) is 1. The number of hydrogen-bond donors (Lipinski definition) is 1. The second-order valence-corrected chi connectivity index (χ2v) is 4.92. The van der Waals surface area contributed by atoms with Gasteiger partial charge in [0.25, 0.3) is 0 Å². The van der Waals surface area contributed by atoms with E-state index in [0.29, 0.717) is 0 Å². The van der Waals surface area contributed by atoms with Gasteiger partial charge in [-0.15, -0.1) is 0 Å². The molecule has 1 aromatic rings. The largest absolute Gasteiger partial charge is 0.301 e. The van der Waals surface area contributed by atoms with Crippen LogP contribution in [0.2, 0.25) is 0 Å². The number of allylic oxidation sites excluding steroid dienone is 1. The molecule has 0 bridgehead atoms. The van der Waals surface area contributed by atoms with E-state index in [9.17, 15) is 0 Å². The standard InChI is InChI=1S/C16H25N/c1-5-6-7-8-9-12-17(4)16-11-10-14(2)13-15(16)3/h8-11,13H,5-7,12H2,1-4H3/p+1/b9-8+. The highest BCUT2D eigenvalue weighted by molar-refractivity contribution is 5.41. The van der Waals surface area contributed by atoms with Crippen molar-refractivity contribution >= 4 is 5.69 Å². The zero-order valence-electron chi connectivity index (χ0n) is 11.7. The second-order valence-electron chi connectivity index (χ2n) is 4.92. The van der Waals surface area contributed by atoms with Crippen molar-refractivity contribution in [2.75, 3.05) is 13.6 Å². The summed E-state index contributed by atoms with van der Waals surface area (Å²) in [6.45, 7) is 7.66. The molecule has 0 spiro atoms. The van der Waals surface area contributed by atoms with E-state index in [-0.39, 0.29) is 0 Å². The molecular weight excluding hydrogens is 206 g/mol. The highest BCUT2D eigenvalue weighted by Gasteiger charge is 2.07. The predicted octanol–water partition coefficient (Wildman–Crippen LogP) is 3.20. The van der Waals surface area contributed by atoms with Gasteiger partial charge in [-0.25, -0.2) is 0 Å². The van der Waals surface area contributed by atoms with Gasteiger partial charge >= 0.3 is 0 Å². The fraction of sp³-hybridized carbons (Fsp3) is 0.500. The van der Waals surface area contributed by atoms with Crippen molar-refractivity contribution in [1.29, 1.82) is 0 Å². The molecule has 17 heavy (non-hydrogen) atoms. The average Bonchev–Trinajstić information content (AvgIpc) is 2.28. The fourth-order valence-electron chi connectivity index (χ4n) is 2.10. The summed E-state index contributed by atoms with van der Waals surface area (Å²) in [7, 11) is 2.24. The summed E-state index contributed by atoms with van der Waals surface area (Å²) in [5.74, 6) is 0. The van der Waals surface area contributed by atoms with Crippen LogP contribution in [0.1, 0.15) is 37.3 Å². The predicted molar refractivity (Wildman–Crippen MR) is 76.0 cm³/mol. The van der Waals surface area contributed by atoms with Gasteiger partial charge in [-0.05, 0) is 32.4 Å². The van der Waals surface area contributed by atoms with E-state index in [1.54, 1.807) is 0 Å². The van der Waals surface area contributed by atoms with Crippen LogP contribution in [-0.4, -0.2) is 13.6 Å². The lowest BCUT2D eigenvalue weighted by Gasteiger charge is -2.14. The summed E-state index contributed by atoms with van der Waals surface area (Å²) in [6.07, 6.45) is 8.43. The smallest absolute Gasteiger partial charge is 0.134 e. The van der Waals surface area contributed by atoms with Crippen LogP contribution in [0.25, 0.3) is 0 Å². The van der Waals surface area contributed by atoms with E-state index in [0.717, 1.165) is 6.54 Å². The monoisotopic (exact) mass is 232 g/mol. The molecule has 0 aromatic heterocycles. The highest BCUT2D eigenvalue weighted by Crippen LogP contribution is 2.11. The molecule has 0 radical (unpaired) electrons. The van der Waals surface area contributed by atoms with Crippen LogP contribution >= 0.6 is 0 Å². The van der Waals surface area contributed by atoms with Gasteiger partial charge in [-0.2, -0.15) is 0 Å². The number of unbranched alkanes of at least 4 members (excludes halogenated alkanes) is 2. The minimum Gasteiger partial charge on any atom is -0.301 e. The normalized spacial score (nSPS) is 13.2. The molecule has 1 atom stereocenters. The van der Waals surface area contributed by atoms with Crippen molar-refractivity contribution in [1.82, 2.24) is 0 Å². The third-order valence-corrected chi connectivity index (χ3v) is 3.16. The maximum atomic E-state index is 2.32. The Kier molecular flexibility index (Phi) is 5.99. The van der Waals surface area contributed by atoms with Crippen LogP contribution in [0.5, 0.6) is 0 Å². The fourth-order valence-corrected chi connectivity index (χ4v) is 2.10. The zero-order chi connectivity index (χ0) is 12.7. The van der Waals surface area contributed by atoms with E-state index >= 15 is 0 Å². The van der Waals surface area contributed by atoms with Gasteiger partial charge in [0.05, 0.1) is 7.05 Å². The van der Waals surface area contributed by atoms with Crippen molar-refractivity contribution in [2.24, 2.45) is 0 Å². The van der Waals surface area contributed by atoms with Crippen molar-refractivity contribution in [3.05, 3.63) is 41.5 Å². The topological polar surface area (TPSA) is 4.44 Å². The van der Waals surface area contributed by atoms with Crippen LogP contribution in [-0.2, 0) is 0 Å². The van der Waals surface area contributed by atoms with Gasteiger partial charge in [0.15, 0.2) is 0 Å². The number of aryl methyl sites for hydroxylation is 2. The summed E-state index contributed by atoms with van der Waals surface area (Å²) in [6, 6.07) is 6.71. The molecule has 0 saturated heterocycles. The molecular formula is C16H26N+. The van der Waals surface area contributed by atoms with Gasteiger partial charge < -0.3 is 4.90 Å². The molecule has 1 aromatic carbocycles. The molecule has 0 saturated carbocycles. The van der Waals surface area contributed by atoms with Gasteiger partial charge in [-0.3, -0.25) is 0 Å². The van der Waals surface area contributed by atoms with Gasteiger partial charge in [0, 0.05) is 5.56 Å². The molecule has 1 rings (SSSR count). The maximum Gasteiger partial charge on any atom is 0.134 e. The van der Waals surface area contributed by atoms with Crippen molar-refractivity contribution < 1.29 is 4.90 Å². The number of quaternary nitrogens is 1. The van der Waals surface area contributed by atoms with Crippen LogP contribution in [0.3, 0.4) is 0 Å². The zero-order valence-corrected chi connectivity index (χ0v) is 11.7. The molecule has 0 amide bonds. The van der Waals surface area contributed by atoms with E-state index in [1.165, 1.54) is 41.0 Å². The Morgan fingerprint density at radius 2 is 1.94 bits per heavy atom. The minimum absolute atomic E-state index is 1.08. The lowest BCUT2D eigenvalue weighted by molar-refractivity contribution is -0.803. The Labute approximate surface area is 106 Å².